The Balaban J connectivity index is 1.70. The molecule has 28 heavy (non-hydrogen) atoms. The largest absolute Gasteiger partial charge is 0.379 e. The van der Waals surface area contributed by atoms with Crippen LogP contribution in [-0.4, -0.2) is 33.3 Å². The van der Waals surface area contributed by atoms with Crippen LogP contribution in [0.2, 0.25) is 0 Å². The van der Waals surface area contributed by atoms with Crippen molar-refractivity contribution in [2.45, 2.75) is 25.8 Å². The van der Waals surface area contributed by atoms with E-state index >= 15 is 0 Å². The number of carbonyl (C=O) groups excluding carboxylic acids is 1. The smallest absolute Gasteiger partial charge is 0.275 e. The lowest BCUT2D eigenvalue weighted by molar-refractivity contribution is 0.102. The Labute approximate surface area is 168 Å². The minimum Gasteiger partial charge on any atom is -0.379 e. The molecule has 4 N–H and O–H groups in total. The minimum atomic E-state index is -0.384. The summed E-state index contributed by atoms with van der Waals surface area (Å²) < 4.78 is 0. The molecule has 0 bridgehead atoms. The van der Waals surface area contributed by atoms with Gasteiger partial charge in [0.05, 0.1) is 24.5 Å². The van der Waals surface area contributed by atoms with Gasteiger partial charge in [-0.3, -0.25) is 9.79 Å². The molecule has 1 aromatic carbocycles. The summed E-state index contributed by atoms with van der Waals surface area (Å²) in [4.78, 5) is 25.5. The van der Waals surface area contributed by atoms with Crippen LogP contribution in [0.1, 0.15) is 36.3 Å². The molecule has 0 radical (unpaired) electrons. The van der Waals surface area contributed by atoms with E-state index in [0.717, 1.165) is 17.7 Å². The number of aromatic nitrogens is 2. The van der Waals surface area contributed by atoms with Crippen LogP contribution in [0.4, 0.5) is 11.5 Å². The fourth-order valence-corrected chi connectivity index (χ4v) is 3.76. The van der Waals surface area contributed by atoms with Gasteiger partial charge in [0.15, 0.2) is 5.17 Å². The number of carbonyl (C=O) groups is 1. The predicted molar refractivity (Wildman–Crippen MR) is 114 cm³/mol. The number of anilines is 2. The average Bonchev–Trinajstić information content (AvgIpc) is 2.69. The van der Waals surface area contributed by atoms with Crippen molar-refractivity contribution in [3.05, 3.63) is 47.9 Å². The summed E-state index contributed by atoms with van der Waals surface area (Å²) in [5, 5.41) is 6.47. The monoisotopic (exact) mass is 394 g/mol. The van der Waals surface area contributed by atoms with E-state index < -0.39 is 0 Å². The highest BCUT2D eigenvalue weighted by atomic mass is 32.2. The molecule has 1 aliphatic rings. The molecule has 1 amide bonds. The standard InChI is InChI=1S/C20H22N6OS/c1-3-4-9-22-17-13-23-16(12-24-17)18(27)25-15-7-5-6-14(11-15)20(2)8-10-28-19(21)26-20/h5-7,11-13H,8-10H2,1-2H3,(H2,21,26)(H,22,24)(H,25,27)/t20-/m0/s1. The van der Waals surface area contributed by atoms with Gasteiger partial charge in [0, 0.05) is 11.4 Å². The Morgan fingerprint density at radius 3 is 2.93 bits per heavy atom. The van der Waals surface area contributed by atoms with Gasteiger partial charge in [0.1, 0.15) is 11.5 Å². The maximum Gasteiger partial charge on any atom is 0.275 e. The number of amides is 1. The predicted octanol–water partition coefficient (Wildman–Crippen LogP) is 2.83. The lowest BCUT2D eigenvalue weighted by atomic mass is 9.89. The zero-order chi connectivity index (χ0) is 20.0. The van der Waals surface area contributed by atoms with Crippen molar-refractivity contribution in [2.75, 3.05) is 22.9 Å². The van der Waals surface area contributed by atoms with Gasteiger partial charge in [-0.1, -0.05) is 29.8 Å². The fraction of sp³-hybridized carbons (Fsp3) is 0.300. The van der Waals surface area contributed by atoms with Gasteiger partial charge in [-0.05, 0) is 38.0 Å². The van der Waals surface area contributed by atoms with Crippen LogP contribution in [0.15, 0.2) is 41.7 Å². The van der Waals surface area contributed by atoms with Crippen molar-refractivity contribution >= 4 is 34.3 Å². The Bertz CT molecular complexity index is 947. The summed E-state index contributed by atoms with van der Waals surface area (Å²) in [5.41, 5.74) is 7.45. The van der Waals surface area contributed by atoms with Crippen molar-refractivity contribution < 1.29 is 4.79 Å². The normalized spacial score (nSPS) is 18.4. The number of rotatable bonds is 5. The zero-order valence-corrected chi connectivity index (χ0v) is 16.6. The lowest BCUT2D eigenvalue weighted by Gasteiger charge is -2.30. The Kier molecular flexibility index (Phi) is 6.16. The van der Waals surface area contributed by atoms with Gasteiger partial charge >= 0.3 is 0 Å². The number of benzene rings is 1. The number of hydrogen-bond donors (Lipinski definition) is 3. The molecule has 0 aliphatic carbocycles. The van der Waals surface area contributed by atoms with Crippen molar-refractivity contribution in [2.24, 2.45) is 10.7 Å². The summed E-state index contributed by atoms with van der Waals surface area (Å²) in [7, 11) is 0. The number of nitrogens with one attached hydrogen (secondary N) is 2. The third-order valence-corrected chi connectivity index (χ3v) is 5.15. The minimum absolute atomic E-state index is 0.236. The summed E-state index contributed by atoms with van der Waals surface area (Å²) in [6, 6.07) is 7.67. The highest BCUT2D eigenvalue weighted by Crippen LogP contribution is 2.35. The van der Waals surface area contributed by atoms with E-state index in [2.05, 4.69) is 44.4 Å². The first-order chi connectivity index (χ1) is 13.5. The molecule has 7 nitrogen and oxygen atoms in total. The van der Waals surface area contributed by atoms with Crippen LogP contribution >= 0.6 is 11.8 Å². The lowest BCUT2D eigenvalue weighted by Crippen LogP contribution is -2.28. The number of nitrogens with two attached hydrogens (primary N) is 1. The van der Waals surface area contributed by atoms with E-state index in [1.165, 1.54) is 12.4 Å². The SMILES string of the molecule is CC#CCNc1cnc(C(=O)Nc2cccc([C@]3(C)CCSC(N)=N3)c2)cn1. The van der Waals surface area contributed by atoms with Gasteiger partial charge in [0.2, 0.25) is 0 Å². The topological polar surface area (TPSA) is 105 Å². The molecular weight excluding hydrogens is 372 g/mol. The average molecular weight is 395 g/mol. The molecule has 0 spiro atoms. The second kappa shape index (κ2) is 8.76. The third-order valence-electron chi connectivity index (χ3n) is 4.36. The third kappa shape index (κ3) is 4.81. The van der Waals surface area contributed by atoms with Crippen LogP contribution in [0, 0.1) is 11.8 Å². The molecule has 8 heteroatoms. The molecular formula is C20H22N6OS. The maximum absolute atomic E-state index is 12.5. The number of thioether (sulfide) groups is 1. The van der Waals surface area contributed by atoms with Crippen LogP contribution in [-0.2, 0) is 5.54 Å². The van der Waals surface area contributed by atoms with Gasteiger partial charge in [-0.25, -0.2) is 9.97 Å². The van der Waals surface area contributed by atoms with Crippen molar-refractivity contribution in [1.29, 1.82) is 0 Å². The van der Waals surface area contributed by atoms with Gasteiger partial charge in [-0.15, -0.1) is 5.92 Å². The van der Waals surface area contributed by atoms with Gasteiger partial charge in [0.25, 0.3) is 5.91 Å². The molecule has 2 heterocycles. The highest BCUT2D eigenvalue weighted by Gasteiger charge is 2.29. The molecule has 2 aromatic rings. The first-order valence-electron chi connectivity index (χ1n) is 8.86. The van der Waals surface area contributed by atoms with Crippen molar-refractivity contribution in [3.8, 4) is 11.8 Å². The van der Waals surface area contributed by atoms with E-state index in [-0.39, 0.29) is 17.1 Å². The van der Waals surface area contributed by atoms with Crippen molar-refractivity contribution in [3.63, 3.8) is 0 Å². The first kappa shape index (κ1) is 19.7. The molecule has 0 fully saturated rings. The first-order valence-corrected chi connectivity index (χ1v) is 9.84. The molecule has 0 unspecified atom stereocenters. The number of amidine groups is 1. The quantitative estimate of drug-likeness (QED) is 0.674. The second-order valence-corrected chi connectivity index (χ2v) is 7.54. The zero-order valence-electron chi connectivity index (χ0n) is 15.8. The van der Waals surface area contributed by atoms with E-state index in [4.69, 9.17) is 5.73 Å². The number of hydrogen-bond acceptors (Lipinski definition) is 7. The molecule has 0 saturated carbocycles. The van der Waals surface area contributed by atoms with E-state index in [1.54, 1.807) is 18.7 Å². The Morgan fingerprint density at radius 1 is 1.36 bits per heavy atom. The molecule has 0 saturated heterocycles. The molecule has 3 rings (SSSR count). The summed E-state index contributed by atoms with van der Waals surface area (Å²) in [6.07, 6.45) is 3.84. The Hall–Kier alpha value is -3.05. The van der Waals surface area contributed by atoms with Crippen LogP contribution in [0.3, 0.4) is 0 Å². The van der Waals surface area contributed by atoms with Gasteiger partial charge < -0.3 is 16.4 Å². The van der Waals surface area contributed by atoms with Crippen LogP contribution in [0.25, 0.3) is 0 Å². The highest BCUT2D eigenvalue weighted by molar-refractivity contribution is 8.13. The maximum atomic E-state index is 12.5. The molecule has 1 atom stereocenters. The van der Waals surface area contributed by atoms with E-state index in [9.17, 15) is 4.79 Å². The van der Waals surface area contributed by atoms with Crippen molar-refractivity contribution in [1.82, 2.24) is 9.97 Å². The van der Waals surface area contributed by atoms with E-state index in [0.29, 0.717) is 23.2 Å². The summed E-state index contributed by atoms with van der Waals surface area (Å²) in [6.45, 7) is 4.30. The van der Waals surface area contributed by atoms with Crippen LogP contribution < -0.4 is 16.4 Å². The summed E-state index contributed by atoms with van der Waals surface area (Å²) >= 11 is 1.56. The molecule has 1 aliphatic heterocycles. The Morgan fingerprint density at radius 2 is 2.21 bits per heavy atom. The summed E-state index contributed by atoms with van der Waals surface area (Å²) in [5.74, 6) is 6.83. The second-order valence-electron chi connectivity index (χ2n) is 6.42. The fourth-order valence-electron chi connectivity index (χ4n) is 2.78. The van der Waals surface area contributed by atoms with E-state index in [1.807, 2.05) is 24.3 Å². The van der Waals surface area contributed by atoms with Gasteiger partial charge in [-0.2, -0.15) is 0 Å². The molecule has 1 aromatic heterocycles. The number of nitrogens with zero attached hydrogens (tertiary/aromatic N) is 3. The molecule has 144 valence electrons. The number of aliphatic imine (C=N–C) groups is 1. The van der Waals surface area contributed by atoms with Crippen LogP contribution in [0.5, 0.6) is 0 Å².